The van der Waals surface area contributed by atoms with Gasteiger partial charge >= 0.3 is 0 Å². The Kier molecular flexibility index (Phi) is 4.08. The second-order valence-corrected chi connectivity index (χ2v) is 4.04. The Hall–Kier alpha value is -1.10. The molecule has 5 heteroatoms. The number of hydrogen-bond acceptors (Lipinski definition) is 3. The number of carbonyl (C=O) groups is 2. The molecule has 0 aromatic rings. The minimum atomic E-state index is -0.175. The lowest BCUT2D eigenvalue weighted by Crippen LogP contribution is -2.49. The Bertz CT molecular complexity index is 255. The highest BCUT2D eigenvalue weighted by Crippen LogP contribution is 2.10. The Balaban J connectivity index is 2.73. The van der Waals surface area contributed by atoms with E-state index in [-0.39, 0.29) is 30.3 Å². The lowest BCUT2D eigenvalue weighted by atomic mass is 10.2. The van der Waals surface area contributed by atoms with Gasteiger partial charge in [-0.2, -0.15) is 0 Å². The van der Waals surface area contributed by atoms with E-state index in [9.17, 15) is 9.59 Å². The first kappa shape index (κ1) is 12.0. The van der Waals surface area contributed by atoms with Gasteiger partial charge in [0.15, 0.2) is 0 Å². The van der Waals surface area contributed by atoms with Crippen LogP contribution in [0.1, 0.15) is 20.3 Å². The standard InChI is InChI=1S/C10H19N3O2/c1-7(5-11-3)13-8(2)6-12-9(14)4-10(13)15/h7-8,11H,4-6H2,1-3H3,(H,12,14). The summed E-state index contributed by atoms with van der Waals surface area (Å²) in [7, 11) is 1.85. The van der Waals surface area contributed by atoms with Crippen LogP contribution in [0.4, 0.5) is 0 Å². The summed E-state index contributed by atoms with van der Waals surface area (Å²) in [5, 5.41) is 5.77. The third kappa shape index (κ3) is 2.92. The number of hydrogen-bond donors (Lipinski definition) is 2. The van der Waals surface area contributed by atoms with Crippen LogP contribution in [0, 0.1) is 0 Å². The highest BCUT2D eigenvalue weighted by atomic mass is 16.2. The van der Waals surface area contributed by atoms with Gasteiger partial charge in [0, 0.05) is 25.2 Å². The Morgan fingerprint density at radius 1 is 1.60 bits per heavy atom. The van der Waals surface area contributed by atoms with Gasteiger partial charge in [-0.15, -0.1) is 0 Å². The average molecular weight is 213 g/mol. The summed E-state index contributed by atoms with van der Waals surface area (Å²) in [6.45, 7) is 5.22. The molecule has 2 amide bonds. The van der Waals surface area contributed by atoms with Crippen molar-refractivity contribution in [3.8, 4) is 0 Å². The number of likely N-dealkylation sites (N-methyl/N-ethyl adjacent to an activating group) is 1. The summed E-state index contributed by atoms with van der Waals surface area (Å²) in [6.07, 6.45) is -0.0294. The molecule has 1 aliphatic heterocycles. The largest absolute Gasteiger partial charge is 0.354 e. The molecule has 1 rings (SSSR count). The highest BCUT2D eigenvalue weighted by molar-refractivity contribution is 5.97. The van der Waals surface area contributed by atoms with E-state index in [1.807, 2.05) is 20.9 Å². The first-order valence-corrected chi connectivity index (χ1v) is 5.28. The molecule has 15 heavy (non-hydrogen) atoms. The van der Waals surface area contributed by atoms with E-state index in [1.54, 1.807) is 4.90 Å². The maximum absolute atomic E-state index is 11.8. The zero-order valence-electron chi connectivity index (χ0n) is 9.54. The van der Waals surface area contributed by atoms with Gasteiger partial charge in [-0.25, -0.2) is 0 Å². The minimum absolute atomic E-state index is 0.0294. The number of nitrogens with zero attached hydrogens (tertiary/aromatic N) is 1. The normalized spacial score (nSPS) is 24.7. The van der Waals surface area contributed by atoms with Crippen molar-refractivity contribution in [3.05, 3.63) is 0 Å². The molecule has 1 heterocycles. The SMILES string of the molecule is CNCC(C)N1C(=O)CC(=O)NCC1C. The second kappa shape index (κ2) is 5.11. The van der Waals surface area contributed by atoms with Gasteiger partial charge in [-0.05, 0) is 20.9 Å². The van der Waals surface area contributed by atoms with Gasteiger partial charge in [0.05, 0.1) is 0 Å². The van der Waals surface area contributed by atoms with Crippen molar-refractivity contribution < 1.29 is 9.59 Å². The van der Waals surface area contributed by atoms with Crippen LogP contribution >= 0.6 is 0 Å². The van der Waals surface area contributed by atoms with E-state index < -0.39 is 0 Å². The minimum Gasteiger partial charge on any atom is -0.354 e. The maximum atomic E-state index is 11.8. The summed E-state index contributed by atoms with van der Waals surface area (Å²) in [6, 6.07) is 0.178. The van der Waals surface area contributed by atoms with E-state index >= 15 is 0 Å². The predicted molar refractivity (Wildman–Crippen MR) is 57.3 cm³/mol. The molecule has 0 aliphatic carbocycles. The zero-order valence-corrected chi connectivity index (χ0v) is 9.54. The van der Waals surface area contributed by atoms with Crippen LogP contribution < -0.4 is 10.6 Å². The number of amides is 2. The van der Waals surface area contributed by atoms with Crippen LogP contribution in [0.3, 0.4) is 0 Å². The maximum Gasteiger partial charge on any atom is 0.232 e. The number of carbonyl (C=O) groups excluding carboxylic acids is 2. The second-order valence-electron chi connectivity index (χ2n) is 4.04. The van der Waals surface area contributed by atoms with Crippen LogP contribution in [0.5, 0.6) is 0 Å². The van der Waals surface area contributed by atoms with Gasteiger partial charge in [0.2, 0.25) is 11.8 Å². The lowest BCUT2D eigenvalue weighted by Gasteiger charge is -2.32. The van der Waals surface area contributed by atoms with E-state index in [0.717, 1.165) is 6.54 Å². The zero-order chi connectivity index (χ0) is 11.4. The number of rotatable bonds is 3. The van der Waals surface area contributed by atoms with E-state index in [0.29, 0.717) is 6.54 Å². The molecule has 86 valence electrons. The van der Waals surface area contributed by atoms with Gasteiger partial charge in [-0.1, -0.05) is 0 Å². The van der Waals surface area contributed by atoms with Crippen molar-refractivity contribution in [2.75, 3.05) is 20.1 Å². The van der Waals surface area contributed by atoms with Gasteiger partial charge in [-0.3, -0.25) is 9.59 Å². The summed E-state index contributed by atoms with van der Waals surface area (Å²) in [5.41, 5.74) is 0. The fourth-order valence-electron chi connectivity index (χ4n) is 1.97. The molecule has 1 aliphatic rings. The molecule has 0 aromatic carbocycles. The molecule has 0 spiro atoms. The topological polar surface area (TPSA) is 61.4 Å². The predicted octanol–water partition coefficient (Wildman–Crippen LogP) is -0.669. The van der Waals surface area contributed by atoms with Crippen LogP contribution in [0.2, 0.25) is 0 Å². The summed E-state index contributed by atoms with van der Waals surface area (Å²) < 4.78 is 0. The van der Waals surface area contributed by atoms with Crippen molar-refractivity contribution >= 4 is 11.8 Å². The third-order valence-electron chi connectivity index (χ3n) is 2.64. The van der Waals surface area contributed by atoms with Crippen molar-refractivity contribution in [1.82, 2.24) is 15.5 Å². The molecule has 0 saturated carbocycles. The van der Waals surface area contributed by atoms with E-state index in [2.05, 4.69) is 10.6 Å². The monoisotopic (exact) mass is 213 g/mol. The molecule has 0 radical (unpaired) electrons. The Morgan fingerprint density at radius 3 is 2.87 bits per heavy atom. The van der Waals surface area contributed by atoms with Crippen LogP contribution in [0.15, 0.2) is 0 Å². The molecule has 5 nitrogen and oxygen atoms in total. The molecular formula is C10H19N3O2. The first-order valence-electron chi connectivity index (χ1n) is 5.28. The molecule has 2 N–H and O–H groups in total. The van der Waals surface area contributed by atoms with Gasteiger partial charge < -0.3 is 15.5 Å². The fourth-order valence-corrected chi connectivity index (χ4v) is 1.97. The molecule has 0 aromatic heterocycles. The molecule has 0 bridgehead atoms. The first-order chi connectivity index (χ1) is 7.06. The van der Waals surface area contributed by atoms with Crippen molar-refractivity contribution in [3.63, 3.8) is 0 Å². The van der Waals surface area contributed by atoms with Crippen LogP contribution in [-0.2, 0) is 9.59 Å². The molecular weight excluding hydrogens is 194 g/mol. The van der Waals surface area contributed by atoms with Gasteiger partial charge in [0.25, 0.3) is 0 Å². The van der Waals surface area contributed by atoms with Crippen molar-refractivity contribution in [2.24, 2.45) is 0 Å². The summed E-state index contributed by atoms with van der Waals surface area (Å²) in [5.74, 6) is -0.258. The van der Waals surface area contributed by atoms with Crippen molar-refractivity contribution in [1.29, 1.82) is 0 Å². The lowest BCUT2D eigenvalue weighted by molar-refractivity contribution is -0.136. The highest BCUT2D eigenvalue weighted by Gasteiger charge is 2.29. The van der Waals surface area contributed by atoms with Crippen LogP contribution in [-0.4, -0.2) is 48.9 Å². The molecule has 2 atom stereocenters. The quantitative estimate of drug-likeness (QED) is 0.611. The fraction of sp³-hybridized carbons (Fsp3) is 0.800. The third-order valence-corrected chi connectivity index (χ3v) is 2.64. The average Bonchev–Trinajstić information content (AvgIpc) is 2.26. The molecule has 1 fully saturated rings. The van der Waals surface area contributed by atoms with Crippen LogP contribution in [0.25, 0.3) is 0 Å². The summed E-state index contributed by atoms with van der Waals surface area (Å²) >= 11 is 0. The Labute approximate surface area is 90.2 Å². The smallest absolute Gasteiger partial charge is 0.232 e. The molecule has 2 unspecified atom stereocenters. The van der Waals surface area contributed by atoms with E-state index in [1.165, 1.54) is 0 Å². The van der Waals surface area contributed by atoms with E-state index in [4.69, 9.17) is 0 Å². The van der Waals surface area contributed by atoms with Gasteiger partial charge in [0.1, 0.15) is 6.42 Å². The molecule has 1 saturated heterocycles. The number of nitrogens with one attached hydrogen (secondary N) is 2. The Morgan fingerprint density at radius 2 is 2.27 bits per heavy atom. The van der Waals surface area contributed by atoms with Crippen molar-refractivity contribution in [2.45, 2.75) is 32.4 Å². The summed E-state index contributed by atoms with van der Waals surface area (Å²) in [4.78, 5) is 24.8.